The summed E-state index contributed by atoms with van der Waals surface area (Å²) in [6.45, 7) is 12.6. The van der Waals surface area contributed by atoms with Crippen molar-refractivity contribution in [2.45, 2.75) is 84.7 Å². The zero-order valence-electron chi connectivity index (χ0n) is 23.6. The molecule has 0 saturated heterocycles. The lowest BCUT2D eigenvalue weighted by molar-refractivity contribution is -0.136. The molecule has 0 spiro atoms. The van der Waals surface area contributed by atoms with Gasteiger partial charge in [-0.1, -0.05) is 88.4 Å². The fraction of sp³-hybridized carbons (Fsp3) is 0.382. The van der Waals surface area contributed by atoms with Crippen molar-refractivity contribution in [3.63, 3.8) is 0 Å². The minimum atomic E-state index is -1.05. The normalized spacial score (nSPS) is 12.3. The lowest BCUT2D eigenvalue weighted by Crippen LogP contribution is -2.26. The van der Waals surface area contributed by atoms with Gasteiger partial charge in [-0.05, 0) is 90.1 Å². The van der Waals surface area contributed by atoms with E-state index in [1.165, 1.54) is 22.8 Å². The number of carboxylic acid groups (broad SMARTS) is 1. The first kappa shape index (κ1) is 29.3. The molecule has 3 nitrogen and oxygen atoms in total. The molecule has 0 bridgehead atoms. The minimum absolute atomic E-state index is 0.166. The molecule has 3 aromatic carbocycles. The maximum atomic E-state index is 14.6. The van der Waals surface area contributed by atoms with E-state index < -0.39 is 17.4 Å². The third-order valence-electron chi connectivity index (χ3n) is 8.31. The maximum Gasteiger partial charge on any atom is 0.307 e. The Morgan fingerprint density at radius 1 is 0.842 bits per heavy atom. The molecule has 38 heavy (non-hydrogen) atoms. The summed E-state index contributed by atoms with van der Waals surface area (Å²) < 4.78 is 14.6. The van der Waals surface area contributed by atoms with Crippen molar-refractivity contribution in [1.29, 1.82) is 0 Å². The lowest BCUT2D eigenvalue weighted by atomic mass is 9.69. The van der Waals surface area contributed by atoms with Crippen LogP contribution in [0.1, 0.15) is 86.8 Å². The van der Waals surface area contributed by atoms with Crippen LogP contribution in [0.4, 0.5) is 4.39 Å². The molecule has 4 heteroatoms. The molecule has 0 aliphatic carbocycles. The molecule has 0 atom stereocenters. The average Bonchev–Trinajstić information content (AvgIpc) is 2.90. The van der Waals surface area contributed by atoms with Crippen LogP contribution in [-0.4, -0.2) is 21.8 Å². The highest BCUT2D eigenvalue weighted by atomic mass is 19.1. The Labute approximate surface area is 227 Å². The van der Waals surface area contributed by atoms with Gasteiger partial charge in [-0.25, -0.2) is 4.39 Å². The summed E-state index contributed by atoms with van der Waals surface area (Å²) in [4.78, 5) is 11.0. The number of carbonyl (C=O) groups is 1. The first-order chi connectivity index (χ1) is 18.0. The molecule has 2 N–H and O–H groups in total. The fourth-order valence-corrected chi connectivity index (χ4v) is 5.43. The van der Waals surface area contributed by atoms with Crippen LogP contribution in [0.3, 0.4) is 0 Å². The number of carboxylic acids is 1. The van der Waals surface area contributed by atoms with E-state index in [0.29, 0.717) is 12.8 Å². The van der Waals surface area contributed by atoms with Gasteiger partial charge in [0.1, 0.15) is 5.82 Å². The van der Waals surface area contributed by atoms with Crippen LogP contribution in [-0.2, 0) is 16.6 Å². The summed E-state index contributed by atoms with van der Waals surface area (Å²) in [7, 11) is 0. The monoisotopic (exact) mass is 516 g/mol. The zero-order valence-corrected chi connectivity index (χ0v) is 23.6. The largest absolute Gasteiger partial charge is 0.481 e. The molecule has 0 unspecified atom stereocenters. The highest BCUT2D eigenvalue weighted by molar-refractivity contribution is 5.72. The van der Waals surface area contributed by atoms with Crippen molar-refractivity contribution in [3.05, 3.63) is 99.9 Å². The second-order valence-corrected chi connectivity index (χ2v) is 10.4. The van der Waals surface area contributed by atoms with Crippen molar-refractivity contribution in [2.75, 3.05) is 0 Å². The number of aryl methyl sites for hydroxylation is 2. The molecule has 0 aliphatic heterocycles. The van der Waals surface area contributed by atoms with Gasteiger partial charge in [-0.15, -0.1) is 0 Å². The number of hydrogen-bond acceptors (Lipinski definition) is 2. The maximum absolute atomic E-state index is 14.6. The van der Waals surface area contributed by atoms with E-state index >= 15 is 0 Å². The summed E-state index contributed by atoms with van der Waals surface area (Å²) in [6.07, 6.45) is 6.85. The van der Waals surface area contributed by atoms with E-state index in [-0.39, 0.29) is 17.4 Å². The van der Waals surface area contributed by atoms with E-state index in [1.807, 2.05) is 32.9 Å². The predicted molar refractivity (Wildman–Crippen MR) is 155 cm³/mol. The van der Waals surface area contributed by atoms with Crippen LogP contribution < -0.4 is 0 Å². The molecule has 0 aromatic heterocycles. The number of halogens is 1. The zero-order chi connectivity index (χ0) is 28.1. The summed E-state index contributed by atoms with van der Waals surface area (Å²) in [5.74, 6) is -1.54. The third kappa shape index (κ3) is 6.07. The Kier molecular flexibility index (Phi) is 9.32. The molecular weight excluding hydrogens is 475 g/mol. The molecule has 0 aliphatic rings. The summed E-state index contributed by atoms with van der Waals surface area (Å²) in [6, 6.07) is 17.8. The second-order valence-electron chi connectivity index (χ2n) is 10.4. The summed E-state index contributed by atoms with van der Waals surface area (Å²) in [5, 5.41) is 19.7. The van der Waals surface area contributed by atoms with Crippen LogP contribution in [0, 0.1) is 19.7 Å². The molecule has 202 valence electrons. The first-order valence-electron chi connectivity index (χ1n) is 13.7. The van der Waals surface area contributed by atoms with Gasteiger partial charge in [0.25, 0.3) is 0 Å². The molecule has 3 aromatic rings. The first-order valence-corrected chi connectivity index (χ1v) is 13.7. The van der Waals surface area contributed by atoms with Crippen molar-refractivity contribution in [1.82, 2.24) is 0 Å². The Hall–Kier alpha value is -3.24. The Morgan fingerprint density at radius 3 is 1.95 bits per heavy atom. The van der Waals surface area contributed by atoms with E-state index in [0.717, 1.165) is 35.1 Å². The fourth-order valence-electron chi connectivity index (χ4n) is 5.43. The van der Waals surface area contributed by atoms with Gasteiger partial charge >= 0.3 is 5.97 Å². The molecule has 0 radical (unpaired) electrons. The number of aliphatic carboxylic acids is 1. The quantitative estimate of drug-likeness (QED) is 0.269. The van der Waals surface area contributed by atoms with Gasteiger partial charge in [0.05, 0.1) is 12.0 Å². The van der Waals surface area contributed by atoms with Crippen LogP contribution in [0.25, 0.3) is 17.2 Å². The van der Waals surface area contributed by atoms with Crippen LogP contribution in [0.2, 0.25) is 0 Å². The second kappa shape index (κ2) is 12.1. The van der Waals surface area contributed by atoms with E-state index in [4.69, 9.17) is 5.11 Å². The van der Waals surface area contributed by atoms with Crippen molar-refractivity contribution in [3.8, 4) is 11.1 Å². The van der Waals surface area contributed by atoms with Gasteiger partial charge in [0.15, 0.2) is 0 Å². The van der Waals surface area contributed by atoms with E-state index in [1.54, 1.807) is 12.1 Å². The van der Waals surface area contributed by atoms with E-state index in [2.05, 4.69) is 57.2 Å². The molecule has 3 rings (SSSR count). The Balaban J connectivity index is 1.99. The van der Waals surface area contributed by atoms with Gasteiger partial charge in [0.2, 0.25) is 0 Å². The van der Waals surface area contributed by atoms with E-state index in [9.17, 15) is 14.3 Å². The van der Waals surface area contributed by atoms with Crippen molar-refractivity contribution >= 4 is 12.0 Å². The number of aliphatic hydroxyl groups is 1. The predicted octanol–water partition coefficient (Wildman–Crippen LogP) is 8.41. The number of benzene rings is 3. The van der Waals surface area contributed by atoms with Gasteiger partial charge in [-0.3, -0.25) is 4.79 Å². The number of hydrogen-bond donors (Lipinski definition) is 2. The molecule has 0 fully saturated rings. The summed E-state index contributed by atoms with van der Waals surface area (Å²) in [5.41, 5.74) is 6.73. The number of rotatable bonds is 11. The van der Waals surface area contributed by atoms with Gasteiger partial charge in [-0.2, -0.15) is 0 Å². The minimum Gasteiger partial charge on any atom is -0.481 e. The SMILES string of the molecule is CCC(O)(/C=C/c1ccc(C(CC)(CC)c2ccc(-c3ccc(CC(=O)O)c(F)c3)c(C)c2)cc1C)CC. The molecule has 0 heterocycles. The van der Waals surface area contributed by atoms with Crippen molar-refractivity contribution < 1.29 is 19.4 Å². The average molecular weight is 517 g/mol. The van der Waals surface area contributed by atoms with Gasteiger partial charge in [0, 0.05) is 5.41 Å². The standard InChI is InChI=1S/C34H41FO3/c1-7-33(38,8-2)18-17-25-13-14-28(19-23(25)5)34(9-3,10-4)29-15-16-30(24(6)20-29)26-11-12-27(22-32(36)37)31(35)21-26/h11-21,38H,7-10,22H2,1-6H3,(H,36,37)/b18-17+. The van der Waals surface area contributed by atoms with Crippen LogP contribution in [0.5, 0.6) is 0 Å². The Bertz CT molecular complexity index is 1310. The van der Waals surface area contributed by atoms with Crippen molar-refractivity contribution in [2.24, 2.45) is 0 Å². The van der Waals surface area contributed by atoms with Gasteiger partial charge < -0.3 is 10.2 Å². The highest BCUT2D eigenvalue weighted by Gasteiger charge is 2.31. The highest BCUT2D eigenvalue weighted by Crippen LogP contribution is 2.41. The smallest absolute Gasteiger partial charge is 0.307 e. The molecular formula is C34H41FO3. The van der Waals surface area contributed by atoms with Crippen LogP contribution >= 0.6 is 0 Å². The third-order valence-corrected chi connectivity index (χ3v) is 8.31. The lowest BCUT2D eigenvalue weighted by Gasteiger charge is -2.34. The topological polar surface area (TPSA) is 57.5 Å². The molecule has 0 saturated carbocycles. The van der Waals surface area contributed by atoms with Crippen LogP contribution in [0.15, 0.2) is 60.7 Å². The summed E-state index contributed by atoms with van der Waals surface area (Å²) >= 11 is 0. The Morgan fingerprint density at radius 2 is 1.45 bits per heavy atom. The molecule has 0 amide bonds.